The van der Waals surface area contributed by atoms with E-state index in [2.05, 4.69) is 10.5 Å². The standard InChI is InChI=1S/C12H23N3O4S/c1-3-12(4-2,11(13)15-17)14-10(16)9-7-5-6-8-20(9,18)19/h9,17H,3-8H2,1-2H3,(H2,13,15)(H,14,16). The van der Waals surface area contributed by atoms with Gasteiger partial charge in [-0.15, -0.1) is 0 Å². The lowest BCUT2D eigenvalue weighted by Gasteiger charge is -2.33. The third-order valence-electron chi connectivity index (χ3n) is 4.04. The summed E-state index contributed by atoms with van der Waals surface area (Å²) in [5.41, 5.74) is 4.65. The highest BCUT2D eigenvalue weighted by atomic mass is 32.2. The normalized spacial score (nSPS) is 23.3. The van der Waals surface area contributed by atoms with Crippen LogP contribution in [0.25, 0.3) is 0 Å². The highest BCUT2D eigenvalue weighted by Crippen LogP contribution is 2.22. The number of carbonyl (C=O) groups excluding carboxylic acids is 1. The van der Waals surface area contributed by atoms with Crippen LogP contribution in [0.2, 0.25) is 0 Å². The summed E-state index contributed by atoms with van der Waals surface area (Å²) in [5.74, 6) is -0.621. The van der Waals surface area contributed by atoms with Crippen molar-refractivity contribution in [2.24, 2.45) is 10.9 Å². The zero-order chi connectivity index (χ0) is 15.4. The molecule has 0 radical (unpaired) electrons. The fraction of sp³-hybridized carbons (Fsp3) is 0.833. The van der Waals surface area contributed by atoms with Gasteiger partial charge in [0.25, 0.3) is 0 Å². The third kappa shape index (κ3) is 3.23. The molecule has 0 aromatic rings. The van der Waals surface area contributed by atoms with Crippen molar-refractivity contribution in [1.82, 2.24) is 5.32 Å². The van der Waals surface area contributed by atoms with Gasteiger partial charge in [0.15, 0.2) is 15.7 Å². The molecule has 0 aromatic heterocycles. The zero-order valence-corrected chi connectivity index (χ0v) is 12.7. The second-order valence-electron chi connectivity index (χ2n) is 5.12. The van der Waals surface area contributed by atoms with E-state index in [4.69, 9.17) is 10.9 Å². The number of nitrogens with two attached hydrogens (primary N) is 1. The van der Waals surface area contributed by atoms with Gasteiger partial charge < -0.3 is 16.3 Å². The van der Waals surface area contributed by atoms with Crippen LogP contribution in [0.4, 0.5) is 0 Å². The summed E-state index contributed by atoms with van der Waals surface area (Å²) in [5, 5.41) is 13.5. The topological polar surface area (TPSA) is 122 Å². The first-order valence-electron chi connectivity index (χ1n) is 6.84. The monoisotopic (exact) mass is 305 g/mol. The molecule has 116 valence electrons. The van der Waals surface area contributed by atoms with Gasteiger partial charge in [-0.3, -0.25) is 4.79 Å². The Morgan fingerprint density at radius 3 is 2.45 bits per heavy atom. The van der Waals surface area contributed by atoms with E-state index in [1.807, 2.05) is 0 Å². The third-order valence-corrected chi connectivity index (χ3v) is 6.21. The fourth-order valence-electron chi connectivity index (χ4n) is 2.51. The number of hydrogen-bond acceptors (Lipinski definition) is 5. The Balaban J connectivity index is 2.97. The van der Waals surface area contributed by atoms with E-state index in [1.54, 1.807) is 13.8 Å². The molecule has 0 aliphatic carbocycles. The largest absolute Gasteiger partial charge is 0.409 e. The van der Waals surface area contributed by atoms with Gasteiger partial charge in [0.1, 0.15) is 10.8 Å². The van der Waals surface area contributed by atoms with Gasteiger partial charge >= 0.3 is 0 Å². The summed E-state index contributed by atoms with van der Waals surface area (Å²) in [6.07, 6.45) is 2.47. The number of amidine groups is 1. The summed E-state index contributed by atoms with van der Waals surface area (Å²) in [7, 11) is -3.40. The Hall–Kier alpha value is -1.31. The summed E-state index contributed by atoms with van der Waals surface area (Å²) >= 11 is 0. The maximum absolute atomic E-state index is 12.3. The van der Waals surface area contributed by atoms with E-state index in [0.29, 0.717) is 32.1 Å². The van der Waals surface area contributed by atoms with Crippen LogP contribution in [0, 0.1) is 0 Å². The Kier molecular flexibility index (Phi) is 5.38. The van der Waals surface area contributed by atoms with Crippen LogP contribution in [-0.4, -0.2) is 41.9 Å². The van der Waals surface area contributed by atoms with Crippen molar-refractivity contribution in [3.05, 3.63) is 0 Å². The highest BCUT2D eigenvalue weighted by molar-refractivity contribution is 7.92. The summed E-state index contributed by atoms with van der Waals surface area (Å²) < 4.78 is 23.9. The maximum Gasteiger partial charge on any atom is 0.239 e. The molecule has 4 N–H and O–H groups in total. The second kappa shape index (κ2) is 6.43. The maximum atomic E-state index is 12.3. The van der Waals surface area contributed by atoms with Crippen LogP contribution >= 0.6 is 0 Å². The van der Waals surface area contributed by atoms with Crippen LogP contribution in [0.3, 0.4) is 0 Å². The van der Waals surface area contributed by atoms with Gasteiger partial charge in [-0.1, -0.05) is 25.4 Å². The van der Waals surface area contributed by atoms with Crippen LogP contribution in [0.5, 0.6) is 0 Å². The average Bonchev–Trinajstić information content (AvgIpc) is 2.43. The van der Waals surface area contributed by atoms with E-state index in [-0.39, 0.29) is 11.6 Å². The molecular formula is C12H23N3O4S. The van der Waals surface area contributed by atoms with Crippen LogP contribution in [-0.2, 0) is 14.6 Å². The van der Waals surface area contributed by atoms with Crippen LogP contribution in [0.15, 0.2) is 5.16 Å². The predicted octanol–water partition coefficient (Wildman–Crippen LogP) is 0.375. The van der Waals surface area contributed by atoms with E-state index in [0.717, 1.165) is 0 Å². The number of nitrogens with one attached hydrogen (secondary N) is 1. The Morgan fingerprint density at radius 1 is 1.40 bits per heavy atom. The number of nitrogens with zero attached hydrogens (tertiary/aromatic N) is 1. The van der Waals surface area contributed by atoms with E-state index in [1.165, 1.54) is 0 Å². The van der Waals surface area contributed by atoms with Gasteiger partial charge in [-0.05, 0) is 25.7 Å². The Morgan fingerprint density at radius 2 is 2.00 bits per heavy atom. The first-order chi connectivity index (χ1) is 9.33. The zero-order valence-electron chi connectivity index (χ0n) is 11.9. The van der Waals surface area contributed by atoms with Crippen molar-refractivity contribution in [3.63, 3.8) is 0 Å². The van der Waals surface area contributed by atoms with Gasteiger partial charge in [-0.25, -0.2) is 8.42 Å². The molecular weight excluding hydrogens is 282 g/mol. The number of carbonyl (C=O) groups is 1. The molecule has 1 saturated heterocycles. The van der Waals surface area contributed by atoms with Crippen molar-refractivity contribution in [2.45, 2.75) is 56.7 Å². The number of hydrogen-bond donors (Lipinski definition) is 3. The Bertz CT molecular complexity index is 483. The van der Waals surface area contributed by atoms with Crippen molar-refractivity contribution in [3.8, 4) is 0 Å². The first-order valence-corrected chi connectivity index (χ1v) is 8.56. The SMILES string of the molecule is CCC(CC)(NC(=O)C1CCCCS1(=O)=O)C(N)=NO. The van der Waals surface area contributed by atoms with Crippen LogP contribution in [0.1, 0.15) is 46.0 Å². The lowest BCUT2D eigenvalue weighted by Crippen LogP contribution is -2.60. The molecule has 1 atom stereocenters. The molecule has 1 fully saturated rings. The minimum atomic E-state index is -3.40. The van der Waals surface area contributed by atoms with Gasteiger partial charge in [-0.2, -0.15) is 0 Å². The highest BCUT2D eigenvalue weighted by Gasteiger charge is 2.40. The molecule has 0 spiro atoms. The van der Waals surface area contributed by atoms with Crippen LogP contribution < -0.4 is 11.1 Å². The molecule has 20 heavy (non-hydrogen) atoms. The van der Waals surface area contributed by atoms with E-state index < -0.39 is 26.5 Å². The lowest BCUT2D eigenvalue weighted by molar-refractivity contribution is -0.122. The van der Waals surface area contributed by atoms with Gasteiger partial charge in [0.2, 0.25) is 5.91 Å². The molecule has 0 bridgehead atoms. The molecule has 0 saturated carbocycles. The summed E-state index contributed by atoms with van der Waals surface area (Å²) in [4.78, 5) is 12.3. The molecule has 1 amide bonds. The molecule has 7 nitrogen and oxygen atoms in total. The Labute approximate surface area is 119 Å². The number of oxime groups is 1. The first kappa shape index (κ1) is 16.7. The molecule has 8 heteroatoms. The predicted molar refractivity (Wildman–Crippen MR) is 76.3 cm³/mol. The molecule has 0 aromatic carbocycles. The number of amides is 1. The average molecular weight is 305 g/mol. The fourth-order valence-corrected chi connectivity index (χ4v) is 4.32. The molecule has 1 rings (SSSR count). The summed E-state index contributed by atoms with van der Waals surface area (Å²) in [6.45, 7) is 3.58. The van der Waals surface area contributed by atoms with Crippen molar-refractivity contribution in [2.75, 3.05) is 5.75 Å². The minimum Gasteiger partial charge on any atom is -0.409 e. The quantitative estimate of drug-likeness (QED) is 0.293. The smallest absolute Gasteiger partial charge is 0.239 e. The van der Waals surface area contributed by atoms with Gasteiger partial charge in [0, 0.05) is 0 Å². The van der Waals surface area contributed by atoms with Gasteiger partial charge in [0.05, 0.1) is 5.75 Å². The molecule has 1 heterocycles. The van der Waals surface area contributed by atoms with E-state index in [9.17, 15) is 13.2 Å². The number of rotatable bonds is 5. The van der Waals surface area contributed by atoms with Crippen molar-refractivity contribution < 1.29 is 18.4 Å². The van der Waals surface area contributed by atoms with Crippen molar-refractivity contribution >= 4 is 21.6 Å². The second-order valence-corrected chi connectivity index (χ2v) is 7.42. The number of sulfone groups is 1. The summed E-state index contributed by atoms with van der Waals surface area (Å²) in [6, 6.07) is 0. The molecule has 1 aliphatic heterocycles. The molecule has 1 aliphatic rings. The lowest BCUT2D eigenvalue weighted by atomic mass is 9.91. The minimum absolute atomic E-state index is 0.0416. The molecule has 1 unspecified atom stereocenters. The van der Waals surface area contributed by atoms with Crippen molar-refractivity contribution in [1.29, 1.82) is 0 Å². The van der Waals surface area contributed by atoms with E-state index >= 15 is 0 Å².